The molecule has 0 radical (unpaired) electrons. The van der Waals surface area contributed by atoms with Gasteiger partial charge in [0.15, 0.2) is 5.78 Å². The maximum atomic E-state index is 14.0. The molecule has 4 N–H and O–H groups in total. The minimum absolute atomic E-state index is 0.0103. The number of aliphatic hydroxyl groups is 4. The van der Waals surface area contributed by atoms with Gasteiger partial charge in [-0.25, -0.2) is 4.79 Å². The van der Waals surface area contributed by atoms with Gasteiger partial charge in [-0.3, -0.25) is 14.4 Å². The first-order valence-corrected chi connectivity index (χ1v) is 21.3. The van der Waals surface area contributed by atoms with E-state index in [1.165, 1.54) is 4.90 Å². The summed E-state index contributed by atoms with van der Waals surface area (Å²) in [6.07, 6.45) is 14.0. The molecule has 57 heavy (non-hydrogen) atoms. The van der Waals surface area contributed by atoms with Crippen LogP contribution in [0.1, 0.15) is 125 Å². The van der Waals surface area contributed by atoms with Gasteiger partial charge >= 0.3 is 5.97 Å². The summed E-state index contributed by atoms with van der Waals surface area (Å²) < 4.78 is 18.0. The van der Waals surface area contributed by atoms with E-state index >= 15 is 0 Å². The molecule has 1 amide bonds. The lowest BCUT2D eigenvalue weighted by atomic mass is 9.83. The number of amides is 1. The van der Waals surface area contributed by atoms with Crippen LogP contribution >= 0.6 is 0 Å². The minimum atomic E-state index is -2.38. The molecule has 0 aromatic carbocycles. The molecule has 320 valence electrons. The number of allylic oxidation sites excluding steroid dienone is 5. The molecule has 3 fully saturated rings. The number of ketones is 2. The summed E-state index contributed by atoms with van der Waals surface area (Å²) >= 11 is 0. The van der Waals surface area contributed by atoms with Gasteiger partial charge in [-0.15, -0.1) is 0 Å². The first-order chi connectivity index (χ1) is 27.0. The molecule has 0 unspecified atom stereocenters. The Bertz CT molecular complexity index is 1500. The van der Waals surface area contributed by atoms with E-state index in [1.807, 2.05) is 44.2 Å². The average molecular weight is 800 g/mol. The summed E-state index contributed by atoms with van der Waals surface area (Å²) in [5.41, 5.74) is 1.26. The summed E-state index contributed by atoms with van der Waals surface area (Å²) in [6.45, 7) is 9.09. The lowest BCUT2D eigenvalue weighted by Gasteiger charge is -2.42. The number of rotatable bonds is 4. The van der Waals surface area contributed by atoms with Gasteiger partial charge in [0.05, 0.1) is 18.3 Å². The van der Waals surface area contributed by atoms with Crippen LogP contribution in [0.3, 0.4) is 0 Å². The maximum absolute atomic E-state index is 14.0. The van der Waals surface area contributed by atoms with Crippen LogP contribution in [0.5, 0.6) is 0 Å². The number of aliphatic hydroxyl groups excluding tert-OH is 3. The van der Waals surface area contributed by atoms with Crippen molar-refractivity contribution in [2.45, 2.75) is 173 Å². The number of carbonyl (C=O) groups is 4. The highest BCUT2D eigenvalue weighted by Gasteiger charge is 2.53. The predicted octanol–water partition coefficient (Wildman–Crippen LogP) is 5.45. The topological polar surface area (TPSA) is 180 Å². The number of Topliss-reactive ketones (excluding diaryl/α,β-unsaturated/α-hetero) is 2. The highest BCUT2D eigenvalue weighted by molar-refractivity contribution is 6.39. The zero-order chi connectivity index (χ0) is 41.9. The zero-order valence-corrected chi connectivity index (χ0v) is 35.0. The molecule has 2 saturated heterocycles. The fraction of sp³-hybridized carbons (Fsp3) is 0.733. The number of hydrogen-bond donors (Lipinski definition) is 4. The van der Waals surface area contributed by atoms with Gasteiger partial charge in [0.1, 0.15) is 24.4 Å². The molecular formula is C45H69NO11. The average Bonchev–Trinajstić information content (AvgIpc) is 3.20. The van der Waals surface area contributed by atoms with Crippen molar-refractivity contribution < 1.29 is 53.8 Å². The van der Waals surface area contributed by atoms with Crippen molar-refractivity contribution >= 4 is 23.4 Å². The number of esters is 1. The van der Waals surface area contributed by atoms with E-state index in [9.17, 15) is 39.6 Å². The number of nitrogens with zero attached hydrogens (tertiary/aromatic N) is 1. The van der Waals surface area contributed by atoms with E-state index in [-0.39, 0.29) is 37.5 Å². The Balaban J connectivity index is 1.64. The normalized spacial score (nSPS) is 40.7. The highest BCUT2D eigenvalue weighted by Crippen LogP contribution is 2.37. The van der Waals surface area contributed by atoms with E-state index in [0.717, 1.165) is 24.8 Å². The van der Waals surface area contributed by atoms with Crippen LogP contribution in [-0.2, 0) is 33.4 Å². The van der Waals surface area contributed by atoms with Gasteiger partial charge < -0.3 is 39.5 Å². The van der Waals surface area contributed by atoms with E-state index in [4.69, 9.17) is 14.2 Å². The molecule has 12 heteroatoms. The maximum Gasteiger partial charge on any atom is 0.329 e. The third-order valence-corrected chi connectivity index (χ3v) is 12.7. The standard InChI is InChI=1S/C45H69NO11/c1-28-12-8-7-9-13-29(2)38(55-6)27-36-23-16-32(5)45(54,57-36)42(51)43(52)46-25-11-10-14-37(46)44(53)56-35(24-19-33-17-20-34(47)21-18-33)22-15-30(3)39(48)41(50)40(49)31(4)26-28/h7-9,12-13,15,28,31-39,41,47-48,50,54H,10-11,14,16-27H2,1-6H3/b9-7+,12-8+,29-13+,30-15+/t28-,31-,32-,33-,34-,35+,36+,37+,38+,39-,41-,45-/m1/s1. The van der Waals surface area contributed by atoms with Gasteiger partial charge in [-0.2, -0.15) is 0 Å². The van der Waals surface area contributed by atoms with Gasteiger partial charge in [0.25, 0.3) is 11.7 Å². The molecule has 10 atom stereocenters. The monoisotopic (exact) mass is 799 g/mol. The van der Waals surface area contributed by atoms with Crippen LogP contribution < -0.4 is 0 Å². The second-order valence-electron chi connectivity index (χ2n) is 17.3. The Labute approximate surface area is 339 Å². The van der Waals surface area contributed by atoms with Crippen LogP contribution in [0, 0.1) is 23.7 Å². The van der Waals surface area contributed by atoms with E-state index < -0.39 is 71.5 Å². The van der Waals surface area contributed by atoms with E-state index in [0.29, 0.717) is 69.3 Å². The summed E-state index contributed by atoms with van der Waals surface area (Å²) in [7, 11) is 1.58. The second-order valence-corrected chi connectivity index (χ2v) is 17.3. The quantitative estimate of drug-likeness (QED) is 0.161. The molecule has 0 aromatic heterocycles. The molecular weight excluding hydrogens is 730 g/mol. The molecule has 2 bridgehead atoms. The molecule has 3 heterocycles. The van der Waals surface area contributed by atoms with Crippen LogP contribution in [0.4, 0.5) is 0 Å². The second kappa shape index (κ2) is 21.8. The summed E-state index contributed by atoms with van der Waals surface area (Å²) in [5.74, 6) is -6.42. The predicted molar refractivity (Wildman–Crippen MR) is 215 cm³/mol. The van der Waals surface area contributed by atoms with E-state index in [2.05, 4.69) is 0 Å². The number of carbonyl (C=O) groups excluding carboxylic acids is 4. The van der Waals surface area contributed by atoms with Gasteiger partial charge in [0, 0.05) is 38.3 Å². The molecule has 4 aliphatic rings. The summed E-state index contributed by atoms with van der Waals surface area (Å²) in [6, 6.07) is -1.05. The summed E-state index contributed by atoms with van der Waals surface area (Å²) in [5, 5.41) is 43.9. The third-order valence-electron chi connectivity index (χ3n) is 12.7. The Hall–Kier alpha value is -3.00. The van der Waals surface area contributed by atoms with Gasteiger partial charge in [0.2, 0.25) is 5.79 Å². The Kier molecular flexibility index (Phi) is 17.9. The first kappa shape index (κ1) is 46.7. The molecule has 1 saturated carbocycles. The third kappa shape index (κ3) is 12.7. The minimum Gasteiger partial charge on any atom is -0.461 e. The van der Waals surface area contributed by atoms with Crippen LogP contribution in [-0.4, -0.2) is 111 Å². The van der Waals surface area contributed by atoms with Gasteiger partial charge in [-0.05, 0) is 114 Å². The lowest BCUT2D eigenvalue weighted by molar-refractivity contribution is -0.265. The van der Waals surface area contributed by atoms with Crippen molar-refractivity contribution in [3.63, 3.8) is 0 Å². The van der Waals surface area contributed by atoms with Crippen LogP contribution in [0.25, 0.3) is 0 Å². The van der Waals surface area contributed by atoms with Crippen molar-refractivity contribution in [2.75, 3.05) is 13.7 Å². The molecule has 3 aliphatic heterocycles. The largest absolute Gasteiger partial charge is 0.461 e. The Morgan fingerprint density at radius 3 is 2.26 bits per heavy atom. The van der Waals surface area contributed by atoms with E-state index in [1.54, 1.807) is 34.0 Å². The molecule has 0 aromatic rings. The number of ether oxygens (including phenoxy) is 3. The van der Waals surface area contributed by atoms with Gasteiger partial charge in [-0.1, -0.05) is 57.2 Å². The van der Waals surface area contributed by atoms with Crippen molar-refractivity contribution in [3.8, 4) is 0 Å². The fourth-order valence-electron chi connectivity index (χ4n) is 8.76. The number of cyclic esters (lactones) is 1. The smallest absolute Gasteiger partial charge is 0.329 e. The molecule has 1 aliphatic carbocycles. The van der Waals surface area contributed by atoms with Crippen molar-refractivity contribution in [3.05, 3.63) is 47.6 Å². The molecule has 0 spiro atoms. The number of fused-ring (bicyclic) bond motifs is 3. The van der Waals surface area contributed by atoms with Crippen LogP contribution in [0.15, 0.2) is 47.6 Å². The first-order valence-electron chi connectivity index (χ1n) is 21.3. The SMILES string of the molecule is CO[C@H]1C[C@@H]2CC[C@@H](C)[C@@](O)(O2)C(=O)C(=O)N2CCCC[C@H]2C(=O)O[C@H](CC[C@H]2CC[C@H](O)CC2)C/C=C(\C)[C@@H](O)[C@@H](O)C(=O)[C@H](C)C[C@H](C)/C=C/C=C/C=C/1C. The Morgan fingerprint density at radius 2 is 1.56 bits per heavy atom. The molecule has 12 nitrogen and oxygen atoms in total. The lowest BCUT2D eigenvalue weighted by Crippen LogP contribution is -2.60. The number of piperidine rings is 1. The van der Waals surface area contributed by atoms with Crippen LogP contribution in [0.2, 0.25) is 0 Å². The van der Waals surface area contributed by atoms with Crippen molar-refractivity contribution in [2.24, 2.45) is 23.7 Å². The fourth-order valence-corrected chi connectivity index (χ4v) is 8.76. The Morgan fingerprint density at radius 1 is 0.842 bits per heavy atom. The number of methoxy groups -OCH3 is 1. The highest BCUT2D eigenvalue weighted by atomic mass is 16.6. The van der Waals surface area contributed by atoms with Crippen molar-refractivity contribution in [1.82, 2.24) is 4.90 Å². The zero-order valence-electron chi connectivity index (χ0n) is 35.0. The number of hydrogen-bond acceptors (Lipinski definition) is 11. The molecule has 4 rings (SSSR count). The van der Waals surface area contributed by atoms with Crippen molar-refractivity contribution in [1.29, 1.82) is 0 Å². The summed E-state index contributed by atoms with van der Waals surface area (Å²) in [4.78, 5) is 56.5.